The Morgan fingerprint density at radius 1 is 1.41 bits per heavy atom. The number of aliphatic hydroxyl groups excluding tert-OH is 1. The average molecular weight is 273 g/mol. The number of anilines is 2. The number of hydrogen-bond donors (Lipinski definition) is 3. The van der Waals surface area contributed by atoms with Crippen molar-refractivity contribution in [3.8, 4) is 0 Å². The zero-order chi connectivity index (χ0) is 13.2. The fourth-order valence-electron chi connectivity index (χ4n) is 1.04. The topological polar surface area (TPSA) is 58.3 Å². The molecule has 8 heteroatoms. The second-order valence-electron chi connectivity index (χ2n) is 3.29. The van der Waals surface area contributed by atoms with Gasteiger partial charge in [0.1, 0.15) is 5.82 Å². The molecule has 0 fully saturated rings. The maximum absolute atomic E-state index is 12.9. The molecule has 96 valence electrons. The lowest BCUT2D eigenvalue weighted by Gasteiger charge is -2.16. The molecule has 0 radical (unpaired) electrons. The Morgan fingerprint density at radius 2 is 2.00 bits per heavy atom. The van der Waals surface area contributed by atoms with Crippen LogP contribution >= 0.6 is 11.6 Å². The van der Waals surface area contributed by atoms with E-state index >= 15 is 0 Å². The summed E-state index contributed by atoms with van der Waals surface area (Å²) in [7, 11) is 0. The Bertz CT molecular complexity index is 411. The average Bonchev–Trinajstić information content (AvgIpc) is 2.19. The first-order valence-corrected chi connectivity index (χ1v) is 4.82. The highest BCUT2D eigenvalue weighted by atomic mass is 35.5. The van der Waals surface area contributed by atoms with Crippen molar-refractivity contribution in [2.45, 2.75) is 12.3 Å². The van der Waals surface area contributed by atoms with Gasteiger partial charge < -0.3 is 16.2 Å². The summed E-state index contributed by atoms with van der Waals surface area (Å²) in [6, 6.07) is 1.93. The van der Waals surface area contributed by atoms with Gasteiger partial charge >= 0.3 is 6.18 Å². The van der Waals surface area contributed by atoms with Gasteiger partial charge in [0.05, 0.1) is 16.4 Å². The van der Waals surface area contributed by atoms with Crippen molar-refractivity contribution in [3.63, 3.8) is 0 Å². The monoisotopic (exact) mass is 272 g/mol. The van der Waals surface area contributed by atoms with Gasteiger partial charge in [-0.3, -0.25) is 0 Å². The van der Waals surface area contributed by atoms with Crippen LogP contribution in [0.5, 0.6) is 0 Å². The second-order valence-corrected chi connectivity index (χ2v) is 3.70. The number of nitrogens with one attached hydrogen (secondary N) is 1. The Labute approximate surface area is 99.2 Å². The van der Waals surface area contributed by atoms with Crippen LogP contribution in [0.25, 0.3) is 0 Å². The summed E-state index contributed by atoms with van der Waals surface area (Å²) in [6.07, 6.45) is -7.27. The van der Waals surface area contributed by atoms with Crippen molar-refractivity contribution in [2.24, 2.45) is 0 Å². The molecule has 3 nitrogen and oxygen atoms in total. The minimum absolute atomic E-state index is 0.0275. The molecule has 17 heavy (non-hydrogen) atoms. The lowest BCUT2D eigenvalue weighted by molar-refractivity contribution is -0.198. The van der Waals surface area contributed by atoms with Gasteiger partial charge in [-0.15, -0.1) is 0 Å². The fraction of sp³-hybridized carbons (Fsp3) is 0.333. The third kappa shape index (κ3) is 3.64. The Balaban J connectivity index is 2.73. The number of benzene rings is 1. The zero-order valence-corrected chi connectivity index (χ0v) is 9.11. The van der Waals surface area contributed by atoms with Gasteiger partial charge in [0.25, 0.3) is 0 Å². The Kier molecular flexibility index (Phi) is 4.05. The largest absolute Gasteiger partial charge is 0.416 e. The molecule has 0 aliphatic rings. The number of aliphatic hydroxyl groups is 1. The summed E-state index contributed by atoms with van der Waals surface area (Å²) < 4.78 is 48.8. The summed E-state index contributed by atoms with van der Waals surface area (Å²) in [6.45, 7) is -0.796. The zero-order valence-electron chi connectivity index (χ0n) is 8.35. The highest BCUT2D eigenvalue weighted by Gasteiger charge is 2.37. The van der Waals surface area contributed by atoms with Crippen LogP contribution in [0.2, 0.25) is 5.02 Å². The molecular formula is C9H9ClF4N2O. The molecule has 0 aliphatic carbocycles. The van der Waals surface area contributed by atoms with E-state index in [-0.39, 0.29) is 16.4 Å². The molecule has 0 heterocycles. The third-order valence-corrected chi connectivity index (χ3v) is 2.25. The van der Waals surface area contributed by atoms with E-state index in [1.165, 1.54) is 0 Å². The van der Waals surface area contributed by atoms with E-state index in [0.717, 1.165) is 12.1 Å². The van der Waals surface area contributed by atoms with Gasteiger partial charge in [0, 0.05) is 12.6 Å². The van der Waals surface area contributed by atoms with E-state index in [0.29, 0.717) is 0 Å². The van der Waals surface area contributed by atoms with Crippen molar-refractivity contribution in [3.05, 3.63) is 23.0 Å². The Morgan fingerprint density at radius 3 is 2.53 bits per heavy atom. The summed E-state index contributed by atoms with van der Waals surface area (Å²) >= 11 is 5.44. The molecule has 0 spiro atoms. The molecule has 1 atom stereocenters. The molecule has 1 unspecified atom stereocenters. The molecule has 4 N–H and O–H groups in total. The fourth-order valence-corrected chi connectivity index (χ4v) is 1.20. The van der Waals surface area contributed by atoms with Crippen molar-refractivity contribution >= 4 is 23.0 Å². The molecule has 0 saturated carbocycles. The summed E-state index contributed by atoms with van der Waals surface area (Å²) in [5, 5.41) is 10.7. The molecule has 1 aromatic rings. The minimum atomic E-state index is -4.73. The highest BCUT2D eigenvalue weighted by Crippen LogP contribution is 2.27. The predicted octanol–water partition coefficient (Wildman–Crippen LogP) is 2.40. The first-order chi connectivity index (χ1) is 7.71. The maximum Gasteiger partial charge on any atom is 0.416 e. The summed E-state index contributed by atoms with van der Waals surface area (Å²) in [5.74, 6) is -0.772. The van der Waals surface area contributed by atoms with Crippen LogP contribution < -0.4 is 11.1 Å². The number of hydrogen-bond acceptors (Lipinski definition) is 3. The van der Waals surface area contributed by atoms with Crippen molar-refractivity contribution in [2.75, 3.05) is 17.6 Å². The SMILES string of the molecule is Nc1cc(F)c(Cl)cc1NCC(O)C(F)(F)F. The molecule has 0 saturated heterocycles. The van der Waals surface area contributed by atoms with Crippen molar-refractivity contribution in [1.29, 1.82) is 0 Å². The first-order valence-electron chi connectivity index (χ1n) is 4.45. The van der Waals surface area contributed by atoms with E-state index in [4.69, 9.17) is 22.4 Å². The third-order valence-electron chi connectivity index (χ3n) is 1.96. The number of rotatable bonds is 3. The van der Waals surface area contributed by atoms with Crippen LogP contribution in [0.4, 0.5) is 28.9 Å². The highest BCUT2D eigenvalue weighted by molar-refractivity contribution is 6.31. The summed E-state index contributed by atoms with van der Waals surface area (Å²) in [4.78, 5) is 0. The first kappa shape index (κ1) is 13.9. The van der Waals surface area contributed by atoms with Gasteiger partial charge in [-0.05, 0) is 6.07 Å². The molecule has 0 bridgehead atoms. The van der Waals surface area contributed by atoms with Gasteiger partial charge in [-0.2, -0.15) is 13.2 Å². The number of alkyl halides is 3. The smallest absolute Gasteiger partial charge is 0.397 e. The number of halogens is 5. The quantitative estimate of drug-likeness (QED) is 0.585. The van der Waals surface area contributed by atoms with Crippen LogP contribution in [0, 0.1) is 5.82 Å². The lowest BCUT2D eigenvalue weighted by atomic mass is 10.2. The van der Waals surface area contributed by atoms with E-state index in [9.17, 15) is 17.6 Å². The van der Waals surface area contributed by atoms with Crippen LogP contribution in [-0.4, -0.2) is 23.9 Å². The van der Waals surface area contributed by atoms with Gasteiger partial charge in [-0.1, -0.05) is 11.6 Å². The molecule has 0 aliphatic heterocycles. The van der Waals surface area contributed by atoms with Gasteiger partial charge in [0.2, 0.25) is 0 Å². The van der Waals surface area contributed by atoms with Crippen LogP contribution in [0.15, 0.2) is 12.1 Å². The normalized spacial score (nSPS) is 13.5. The predicted molar refractivity (Wildman–Crippen MR) is 56.4 cm³/mol. The van der Waals surface area contributed by atoms with Crippen LogP contribution in [0.1, 0.15) is 0 Å². The molecule has 0 aromatic heterocycles. The van der Waals surface area contributed by atoms with E-state index in [1.54, 1.807) is 0 Å². The van der Waals surface area contributed by atoms with E-state index in [2.05, 4.69) is 5.32 Å². The molecular weight excluding hydrogens is 264 g/mol. The molecule has 1 rings (SSSR count). The standard InChI is InChI=1S/C9H9ClF4N2O/c10-4-1-7(6(15)2-5(4)11)16-3-8(17)9(12,13)14/h1-2,8,16-17H,3,15H2. The Hall–Kier alpha value is -1.21. The molecule has 1 aromatic carbocycles. The lowest BCUT2D eigenvalue weighted by Crippen LogP contribution is -2.35. The van der Waals surface area contributed by atoms with Crippen LogP contribution in [0.3, 0.4) is 0 Å². The van der Waals surface area contributed by atoms with Crippen molar-refractivity contribution in [1.82, 2.24) is 0 Å². The van der Waals surface area contributed by atoms with E-state index < -0.39 is 24.6 Å². The van der Waals surface area contributed by atoms with E-state index in [1.807, 2.05) is 0 Å². The maximum atomic E-state index is 12.9. The van der Waals surface area contributed by atoms with Gasteiger partial charge in [-0.25, -0.2) is 4.39 Å². The second kappa shape index (κ2) is 4.97. The minimum Gasteiger partial charge on any atom is -0.397 e. The number of nitrogen functional groups attached to an aromatic ring is 1. The molecule has 0 amide bonds. The summed E-state index contributed by atoms with van der Waals surface area (Å²) in [5.41, 5.74) is 5.29. The van der Waals surface area contributed by atoms with Crippen molar-refractivity contribution < 1.29 is 22.7 Å². The number of nitrogens with two attached hydrogens (primary N) is 1. The van der Waals surface area contributed by atoms with Crippen LogP contribution in [-0.2, 0) is 0 Å². The van der Waals surface area contributed by atoms with Gasteiger partial charge in [0.15, 0.2) is 6.10 Å².